The molecular weight excluding hydrogens is 246 g/mol. The van der Waals surface area contributed by atoms with Crippen molar-refractivity contribution < 1.29 is 14.5 Å². The van der Waals surface area contributed by atoms with Crippen LogP contribution in [0.5, 0.6) is 5.75 Å². The van der Waals surface area contributed by atoms with Crippen molar-refractivity contribution in [3.63, 3.8) is 0 Å². The van der Waals surface area contributed by atoms with Gasteiger partial charge in [-0.3, -0.25) is 14.9 Å². The summed E-state index contributed by atoms with van der Waals surface area (Å²) < 4.78 is 5.08. The first kappa shape index (κ1) is 13.5. The highest BCUT2D eigenvalue weighted by molar-refractivity contribution is 5.83. The van der Waals surface area contributed by atoms with E-state index in [1.165, 1.54) is 0 Å². The Labute approximate surface area is 111 Å². The normalized spacial score (nSPS) is 20.3. The van der Waals surface area contributed by atoms with Gasteiger partial charge in [0.15, 0.2) is 0 Å². The molecule has 0 amide bonds. The third-order valence-electron chi connectivity index (χ3n) is 3.73. The van der Waals surface area contributed by atoms with Crippen LogP contribution in [0.15, 0.2) is 24.3 Å². The maximum atomic E-state index is 11.8. The number of ether oxygens (including phenoxy) is 1. The lowest BCUT2D eigenvalue weighted by Gasteiger charge is -2.19. The fourth-order valence-corrected chi connectivity index (χ4v) is 2.74. The van der Waals surface area contributed by atoms with Crippen molar-refractivity contribution in [3.05, 3.63) is 39.9 Å². The van der Waals surface area contributed by atoms with Crippen LogP contribution in [-0.4, -0.2) is 24.4 Å². The minimum Gasteiger partial charge on any atom is -0.497 e. The standard InChI is InChI=1S/C14H17NO4/c1-19-11-7-5-10(6-8-11)13(9-15(17)18)12-3-2-4-14(12)16/h5-8,12-13H,2-4,9H2,1H3. The van der Waals surface area contributed by atoms with Crippen molar-refractivity contribution in [1.82, 2.24) is 0 Å². The molecular formula is C14H17NO4. The van der Waals surface area contributed by atoms with Crippen LogP contribution in [0.1, 0.15) is 30.7 Å². The highest BCUT2D eigenvalue weighted by Gasteiger charge is 2.35. The molecule has 1 saturated carbocycles. The largest absolute Gasteiger partial charge is 0.497 e. The Hall–Kier alpha value is -1.91. The van der Waals surface area contributed by atoms with Crippen molar-refractivity contribution in [1.29, 1.82) is 0 Å². The lowest BCUT2D eigenvalue weighted by molar-refractivity contribution is -0.484. The van der Waals surface area contributed by atoms with Crippen LogP contribution in [0.3, 0.4) is 0 Å². The molecule has 0 aromatic heterocycles. The van der Waals surface area contributed by atoms with Crippen LogP contribution in [-0.2, 0) is 4.79 Å². The number of nitrogens with zero attached hydrogens (tertiary/aromatic N) is 1. The lowest BCUT2D eigenvalue weighted by atomic mass is 9.84. The average molecular weight is 263 g/mol. The van der Waals surface area contributed by atoms with Gasteiger partial charge in [-0.2, -0.15) is 0 Å². The third-order valence-corrected chi connectivity index (χ3v) is 3.73. The molecule has 5 nitrogen and oxygen atoms in total. The van der Waals surface area contributed by atoms with Gasteiger partial charge in [-0.1, -0.05) is 12.1 Å². The monoisotopic (exact) mass is 263 g/mol. The number of nitro groups is 1. The van der Waals surface area contributed by atoms with Crippen molar-refractivity contribution >= 4 is 5.78 Å². The number of rotatable bonds is 5. The highest BCUT2D eigenvalue weighted by atomic mass is 16.6. The molecule has 0 spiro atoms. The maximum Gasteiger partial charge on any atom is 0.211 e. The van der Waals surface area contributed by atoms with Gasteiger partial charge in [-0.05, 0) is 30.5 Å². The van der Waals surface area contributed by atoms with E-state index in [0.717, 1.165) is 18.4 Å². The minimum atomic E-state index is -0.333. The van der Waals surface area contributed by atoms with Gasteiger partial charge in [0.1, 0.15) is 11.5 Å². The summed E-state index contributed by atoms with van der Waals surface area (Å²) in [5, 5.41) is 10.8. The Bertz CT molecular complexity index is 469. The zero-order valence-corrected chi connectivity index (χ0v) is 10.9. The smallest absolute Gasteiger partial charge is 0.211 e. The summed E-state index contributed by atoms with van der Waals surface area (Å²) in [5.41, 5.74) is 0.845. The minimum absolute atomic E-state index is 0.155. The Morgan fingerprint density at radius 2 is 2.11 bits per heavy atom. The van der Waals surface area contributed by atoms with E-state index in [4.69, 9.17) is 4.74 Å². The van der Waals surface area contributed by atoms with Crippen LogP contribution in [0, 0.1) is 16.0 Å². The molecule has 0 N–H and O–H groups in total. The molecule has 1 fully saturated rings. The number of methoxy groups -OCH3 is 1. The fraction of sp³-hybridized carbons (Fsp3) is 0.500. The highest BCUT2D eigenvalue weighted by Crippen LogP contribution is 2.35. The van der Waals surface area contributed by atoms with E-state index >= 15 is 0 Å². The molecule has 1 aliphatic carbocycles. The van der Waals surface area contributed by atoms with Crippen molar-refractivity contribution in [2.24, 2.45) is 5.92 Å². The van der Waals surface area contributed by atoms with Crippen molar-refractivity contribution in [2.45, 2.75) is 25.2 Å². The molecule has 102 valence electrons. The molecule has 1 aromatic carbocycles. The van der Waals surface area contributed by atoms with Crippen molar-refractivity contribution in [3.8, 4) is 5.75 Å². The number of Topliss-reactive ketones (excluding diaryl/α,β-unsaturated/α-hetero) is 1. The fourth-order valence-electron chi connectivity index (χ4n) is 2.74. The molecule has 0 saturated heterocycles. The molecule has 1 aliphatic rings. The molecule has 1 aromatic rings. The summed E-state index contributed by atoms with van der Waals surface area (Å²) >= 11 is 0. The van der Waals surface area contributed by atoms with Gasteiger partial charge < -0.3 is 4.74 Å². The van der Waals surface area contributed by atoms with E-state index in [1.807, 2.05) is 12.1 Å². The van der Waals surface area contributed by atoms with Crippen LogP contribution in [0.2, 0.25) is 0 Å². The van der Waals surface area contributed by atoms with Crippen LogP contribution < -0.4 is 4.74 Å². The van der Waals surface area contributed by atoms with E-state index in [0.29, 0.717) is 12.2 Å². The van der Waals surface area contributed by atoms with E-state index < -0.39 is 0 Å². The topological polar surface area (TPSA) is 69.4 Å². The van der Waals surface area contributed by atoms with Gasteiger partial charge in [0.2, 0.25) is 6.54 Å². The zero-order chi connectivity index (χ0) is 13.8. The first-order valence-electron chi connectivity index (χ1n) is 6.40. The first-order chi connectivity index (χ1) is 9.11. The predicted octanol–water partition coefficient (Wildman–Crippen LogP) is 2.42. The van der Waals surface area contributed by atoms with E-state index in [1.54, 1.807) is 19.2 Å². The number of ketones is 1. The Morgan fingerprint density at radius 1 is 1.42 bits per heavy atom. The summed E-state index contributed by atoms with van der Waals surface area (Å²) in [7, 11) is 1.57. The van der Waals surface area contributed by atoms with Gasteiger partial charge in [-0.15, -0.1) is 0 Å². The van der Waals surface area contributed by atoms with Crippen LogP contribution in [0.25, 0.3) is 0 Å². The van der Waals surface area contributed by atoms with E-state index in [-0.39, 0.29) is 29.1 Å². The lowest BCUT2D eigenvalue weighted by Crippen LogP contribution is -2.24. The summed E-state index contributed by atoms with van der Waals surface area (Å²) in [6, 6.07) is 7.20. The van der Waals surface area contributed by atoms with Crippen molar-refractivity contribution in [2.75, 3.05) is 13.7 Å². The molecule has 19 heavy (non-hydrogen) atoms. The number of carbonyl (C=O) groups excluding carboxylic acids is 1. The number of hydrogen-bond donors (Lipinski definition) is 0. The van der Waals surface area contributed by atoms with Gasteiger partial charge in [-0.25, -0.2) is 0 Å². The Balaban J connectivity index is 2.25. The molecule has 0 aliphatic heterocycles. The zero-order valence-electron chi connectivity index (χ0n) is 10.9. The third kappa shape index (κ3) is 3.10. The molecule has 5 heteroatoms. The van der Waals surface area contributed by atoms with Gasteiger partial charge >= 0.3 is 0 Å². The second-order valence-electron chi connectivity index (χ2n) is 4.86. The van der Waals surface area contributed by atoms with E-state index in [9.17, 15) is 14.9 Å². The number of carbonyl (C=O) groups is 1. The quantitative estimate of drug-likeness (QED) is 0.604. The van der Waals surface area contributed by atoms with Gasteiger partial charge in [0, 0.05) is 17.3 Å². The number of hydrogen-bond acceptors (Lipinski definition) is 4. The summed E-state index contributed by atoms with van der Waals surface area (Å²) in [4.78, 5) is 22.4. The first-order valence-corrected chi connectivity index (χ1v) is 6.40. The molecule has 0 heterocycles. The number of benzene rings is 1. The van der Waals surface area contributed by atoms with E-state index in [2.05, 4.69) is 0 Å². The maximum absolute atomic E-state index is 11.8. The van der Waals surface area contributed by atoms with Crippen LogP contribution >= 0.6 is 0 Å². The van der Waals surface area contributed by atoms with Gasteiger partial charge in [0.25, 0.3) is 0 Å². The molecule has 0 radical (unpaired) electrons. The summed E-state index contributed by atoms with van der Waals surface area (Å²) in [6.45, 7) is -0.192. The predicted molar refractivity (Wildman–Crippen MR) is 69.9 cm³/mol. The molecule has 2 atom stereocenters. The summed E-state index contributed by atoms with van der Waals surface area (Å²) in [6.07, 6.45) is 2.15. The Kier molecular flexibility index (Phi) is 4.14. The summed E-state index contributed by atoms with van der Waals surface area (Å²) in [5.74, 6) is 0.332. The average Bonchev–Trinajstić information content (AvgIpc) is 2.82. The molecule has 2 unspecified atom stereocenters. The molecule has 2 rings (SSSR count). The Morgan fingerprint density at radius 3 is 2.58 bits per heavy atom. The van der Waals surface area contributed by atoms with Gasteiger partial charge in [0.05, 0.1) is 13.0 Å². The SMILES string of the molecule is COc1ccc(C(C[N+](=O)[O-])C2CCCC2=O)cc1. The second-order valence-corrected chi connectivity index (χ2v) is 4.86. The second kappa shape index (κ2) is 5.82. The molecule has 0 bridgehead atoms. The van der Waals surface area contributed by atoms with Crippen LogP contribution in [0.4, 0.5) is 0 Å².